The largest absolute Gasteiger partial charge is 0.375 e. The number of halogens is 2. The van der Waals surface area contributed by atoms with E-state index in [1.165, 1.54) is 0 Å². The molecule has 0 radical (unpaired) electrons. The Balaban J connectivity index is 1.96. The van der Waals surface area contributed by atoms with Gasteiger partial charge in [0.1, 0.15) is 0 Å². The predicted octanol–water partition coefficient (Wildman–Crippen LogP) is 4.66. The molecule has 0 aliphatic carbocycles. The summed E-state index contributed by atoms with van der Waals surface area (Å²) in [6, 6.07) is 11.1. The van der Waals surface area contributed by atoms with Crippen molar-refractivity contribution in [1.29, 1.82) is 0 Å². The number of nitrogens with one attached hydrogen (secondary N) is 2. The van der Waals surface area contributed by atoms with Gasteiger partial charge in [-0.3, -0.25) is 4.79 Å². The van der Waals surface area contributed by atoms with Gasteiger partial charge in [0.15, 0.2) is 0 Å². The molecule has 0 saturated carbocycles. The van der Waals surface area contributed by atoms with Gasteiger partial charge in [0.25, 0.3) is 0 Å². The number of rotatable bonds is 4. The second kappa shape index (κ2) is 6.83. The molecule has 110 valence electrons. The smallest absolute Gasteiger partial charge is 0.243 e. The first-order chi connectivity index (χ1) is 9.95. The van der Waals surface area contributed by atoms with Crippen LogP contribution in [0.4, 0.5) is 11.4 Å². The minimum atomic E-state index is -0.183. The fourth-order valence-corrected chi connectivity index (χ4v) is 2.44. The maximum Gasteiger partial charge on any atom is 0.243 e. The molecule has 0 unspecified atom stereocenters. The number of hydrogen-bond acceptors (Lipinski definition) is 2. The molecule has 2 aromatic carbocycles. The first-order valence-corrected chi connectivity index (χ1v) is 7.27. The molecule has 2 aromatic rings. The van der Waals surface area contributed by atoms with E-state index in [0.717, 1.165) is 16.8 Å². The normalized spacial score (nSPS) is 10.3. The van der Waals surface area contributed by atoms with Gasteiger partial charge in [0.05, 0.1) is 28.0 Å². The third kappa shape index (κ3) is 4.38. The maximum atomic E-state index is 11.9. The molecule has 0 bridgehead atoms. The molecule has 5 heteroatoms. The van der Waals surface area contributed by atoms with Crippen molar-refractivity contribution in [3.8, 4) is 0 Å². The average Bonchev–Trinajstić information content (AvgIpc) is 2.41. The number of benzene rings is 2. The lowest BCUT2D eigenvalue weighted by atomic mass is 10.2. The topological polar surface area (TPSA) is 41.1 Å². The van der Waals surface area contributed by atoms with Gasteiger partial charge in [0, 0.05) is 0 Å². The number of hydrogen-bond donors (Lipinski definition) is 2. The Morgan fingerprint density at radius 3 is 2.00 bits per heavy atom. The summed E-state index contributed by atoms with van der Waals surface area (Å²) < 4.78 is 0. The van der Waals surface area contributed by atoms with Gasteiger partial charge in [-0.1, -0.05) is 35.3 Å². The zero-order valence-corrected chi connectivity index (χ0v) is 13.3. The molecule has 3 nitrogen and oxygen atoms in total. The molecular weight excluding hydrogens is 307 g/mol. The third-order valence-corrected chi connectivity index (χ3v) is 3.59. The van der Waals surface area contributed by atoms with Crippen LogP contribution in [0.5, 0.6) is 0 Å². The van der Waals surface area contributed by atoms with Gasteiger partial charge in [-0.25, -0.2) is 0 Å². The Labute approximate surface area is 134 Å². The quantitative estimate of drug-likeness (QED) is 0.859. The first kappa shape index (κ1) is 15.7. The van der Waals surface area contributed by atoms with E-state index in [4.69, 9.17) is 23.2 Å². The minimum Gasteiger partial charge on any atom is -0.375 e. The molecular formula is C16H16Cl2N2O. The van der Waals surface area contributed by atoms with E-state index in [-0.39, 0.29) is 12.5 Å². The summed E-state index contributed by atoms with van der Waals surface area (Å²) in [5.74, 6) is -0.183. The second-order valence-corrected chi connectivity index (χ2v) is 5.68. The van der Waals surface area contributed by atoms with Crippen molar-refractivity contribution >= 4 is 40.5 Å². The maximum absolute atomic E-state index is 11.9. The summed E-state index contributed by atoms with van der Waals surface area (Å²) in [4.78, 5) is 11.9. The van der Waals surface area contributed by atoms with E-state index in [2.05, 4.69) is 10.6 Å². The highest BCUT2D eigenvalue weighted by Crippen LogP contribution is 2.24. The molecule has 0 aliphatic heterocycles. The van der Waals surface area contributed by atoms with Crippen LogP contribution < -0.4 is 10.6 Å². The van der Waals surface area contributed by atoms with Crippen LogP contribution in [0.15, 0.2) is 36.4 Å². The van der Waals surface area contributed by atoms with Crippen molar-refractivity contribution in [2.45, 2.75) is 13.8 Å². The van der Waals surface area contributed by atoms with E-state index in [9.17, 15) is 4.79 Å². The number of amides is 1. The highest BCUT2D eigenvalue weighted by molar-refractivity contribution is 6.34. The average molecular weight is 323 g/mol. The molecule has 0 saturated heterocycles. The molecule has 0 atom stereocenters. The van der Waals surface area contributed by atoms with Crippen molar-refractivity contribution in [3.63, 3.8) is 0 Å². The summed E-state index contributed by atoms with van der Waals surface area (Å²) in [6.07, 6.45) is 0. The van der Waals surface area contributed by atoms with E-state index < -0.39 is 0 Å². The van der Waals surface area contributed by atoms with Crippen LogP contribution in [-0.2, 0) is 4.79 Å². The lowest BCUT2D eigenvalue weighted by Crippen LogP contribution is -2.22. The van der Waals surface area contributed by atoms with Crippen LogP contribution in [0.1, 0.15) is 11.1 Å². The van der Waals surface area contributed by atoms with Crippen LogP contribution in [0.25, 0.3) is 0 Å². The SMILES string of the molecule is Cc1ccc(NCC(=O)Nc2ccc(C)cc2Cl)c(Cl)c1. The molecule has 1 amide bonds. The van der Waals surface area contributed by atoms with Crippen LogP contribution in [0.2, 0.25) is 10.0 Å². The van der Waals surface area contributed by atoms with Crippen LogP contribution in [0, 0.1) is 13.8 Å². The summed E-state index contributed by atoms with van der Waals surface area (Å²) in [5.41, 5.74) is 3.44. The lowest BCUT2D eigenvalue weighted by Gasteiger charge is -2.11. The molecule has 21 heavy (non-hydrogen) atoms. The Morgan fingerprint density at radius 2 is 1.48 bits per heavy atom. The molecule has 0 fully saturated rings. The number of anilines is 2. The zero-order chi connectivity index (χ0) is 15.4. The Kier molecular flexibility index (Phi) is 5.10. The van der Waals surface area contributed by atoms with E-state index >= 15 is 0 Å². The van der Waals surface area contributed by atoms with Gasteiger partial charge in [-0.05, 0) is 49.2 Å². The predicted molar refractivity (Wildman–Crippen MR) is 89.5 cm³/mol. The molecule has 0 heterocycles. The molecule has 0 aromatic heterocycles. The summed E-state index contributed by atoms with van der Waals surface area (Å²) in [7, 11) is 0. The van der Waals surface area contributed by atoms with Crippen molar-refractivity contribution in [1.82, 2.24) is 0 Å². The van der Waals surface area contributed by atoms with Gasteiger partial charge < -0.3 is 10.6 Å². The van der Waals surface area contributed by atoms with Crippen molar-refractivity contribution in [3.05, 3.63) is 57.6 Å². The fourth-order valence-electron chi connectivity index (χ4n) is 1.85. The summed E-state index contributed by atoms with van der Waals surface area (Å²) in [6.45, 7) is 4.02. The van der Waals surface area contributed by atoms with Crippen molar-refractivity contribution < 1.29 is 4.79 Å². The first-order valence-electron chi connectivity index (χ1n) is 6.52. The Bertz CT molecular complexity index is 671. The lowest BCUT2D eigenvalue weighted by molar-refractivity contribution is -0.114. The molecule has 2 N–H and O–H groups in total. The van der Waals surface area contributed by atoms with E-state index in [1.54, 1.807) is 12.1 Å². The Hall–Kier alpha value is -1.71. The summed E-state index contributed by atoms with van der Waals surface area (Å²) >= 11 is 12.2. The number of carbonyl (C=O) groups excluding carboxylic acids is 1. The molecule has 0 spiro atoms. The zero-order valence-electron chi connectivity index (χ0n) is 11.8. The van der Waals surface area contributed by atoms with Gasteiger partial charge in [0.2, 0.25) is 5.91 Å². The van der Waals surface area contributed by atoms with Crippen LogP contribution in [-0.4, -0.2) is 12.5 Å². The van der Waals surface area contributed by atoms with Gasteiger partial charge >= 0.3 is 0 Å². The van der Waals surface area contributed by atoms with Crippen molar-refractivity contribution in [2.24, 2.45) is 0 Å². The monoisotopic (exact) mass is 322 g/mol. The van der Waals surface area contributed by atoms with E-state index in [1.807, 2.05) is 38.1 Å². The fraction of sp³-hybridized carbons (Fsp3) is 0.188. The van der Waals surface area contributed by atoms with Gasteiger partial charge in [-0.2, -0.15) is 0 Å². The molecule has 0 aliphatic rings. The van der Waals surface area contributed by atoms with Crippen LogP contribution >= 0.6 is 23.2 Å². The summed E-state index contributed by atoms with van der Waals surface area (Å²) in [5, 5.41) is 6.88. The highest BCUT2D eigenvalue weighted by atomic mass is 35.5. The number of aryl methyl sites for hydroxylation is 2. The standard InChI is InChI=1S/C16H16Cl2N2O/c1-10-3-5-14(12(17)7-10)19-9-16(21)20-15-6-4-11(2)8-13(15)18/h3-8,19H,9H2,1-2H3,(H,20,21). The number of carbonyl (C=O) groups is 1. The van der Waals surface area contributed by atoms with Crippen LogP contribution in [0.3, 0.4) is 0 Å². The minimum absolute atomic E-state index is 0.118. The Morgan fingerprint density at radius 1 is 0.952 bits per heavy atom. The highest BCUT2D eigenvalue weighted by Gasteiger charge is 2.07. The van der Waals surface area contributed by atoms with Crippen molar-refractivity contribution in [2.75, 3.05) is 17.2 Å². The van der Waals surface area contributed by atoms with Gasteiger partial charge in [-0.15, -0.1) is 0 Å². The third-order valence-electron chi connectivity index (χ3n) is 2.96. The van der Waals surface area contributed by atoms with E-state index in [0.29, 0.717) is 15.7 Å². The molecule has 2 rings (SSSR count). The second-order valence-electron chi connectivity index (χ2n) is 4.87.